The van der Waals surface area contributed by atoms with Crippen LogP contribution in [-0.2, 0) is 12.8 Å². The van der Waals surface area contributed by atoms with Crippen molar-refractivity contribution in [3.8, 4) is 11.3 Å². The number of anilines is 3. The van der Waals surface area contributed by atoms with Gasteiger partial charge in [-0.1, -0.05) is 41.9 Å². The topological polar surface area (TPSA) is 79.8 Å². The molecule has 0 radical (unpaired) electrons. The van der Waals surface area contributed by atoms with E-state index in [9.17, 15) is 4.79 Å². The summed E-state index contributed by atoms with van der Waals surface area (Å²) in [5, 5.41) is 7.74. The van der Waals surface area contributed by atoms with Crippen LogP contribution in [-0.4, -0.2) is 20.9 Å². The molecule has 5 aromatic rings. The van der Waals surface area contributed by atoms with Gasteiger partial charge < -0.3 is 10.6 Å². The molecular weight excluding hydrogens is 470 g/mol. The van der Waals surface area contributed by atoms with Crippen molar-refractivity contribution in [1.82, 2.24) is 15.0 Å². The maximum absolute atomic E-state index is 13.4. The van der Waals surface area contributed by atoms with E-state index in [1.165, 1.54) is 0 Å². The number of halogens is 1. The van der Waals surface area contributed by atoms with E-state index in [2.05, 4.69) is 20.6 Å². The van der Waals surface area contributed by atoms with E-state index in [-0.39, 0.29) is 5.91 Å². The molecule has 1 aliphatic rings. The Kier molecular flexibility index (Phi) is 5.79. The average Bonchev–Trinajstić information content (AvgIpc) is 3.37. The summed E-state index contributed by atoms with van der Waals surface area (Å²) in [6.45, 7) is 0. The van der Waals surface area contributed by atoms with Gasteiger partial charge in [-0.05, 0) is 67.3 Å². The van der Waals surface area contributed by atoms with Crippen molar-refractivity contribution in [2.24, 2.45) is 0 Å². The maximum atomic E-state index is 13.4. The molecule has 7 heteroatoms. The van der Waals surface area contributed by atoms with E-state index in [1.807, 2.05) is 78.9 Å². The molecular formula is C29H22ClN5O. The third kappa shape index (κ3) is 4.39. The molecule has 36 heavy (non-hydrogen) atoms. The fourth-order valence-electron chi connectivity index (χ4n) is 4.66. The van der Waals surface area contributed by atoms with Crippen LogP contribution in [0.25, 0.3) is 22.2 Å². The summed E-state index contributed by atoms with van der Waals surface area (Å²) in [6, 6.07) is 25.0. The zero-order chi connectivity index (χ0) is 24.5. The number of aryl methyl sites for hydroxylation is 1. The second-order valence-corrected chi connectivity index (χ2v) is 9.17. The maximum Gasteiger partial charge on any atom is 0.256 e. The van der Waals surface area contributed by atoms with Crippen molar-refractivity contribution in [2.75, 3.05) is 10.6 Å². The molecule has 3 aromatic carbocycles. The van der Waals surface area contributed by atoms with E-state index < -0.39 is 0 Å². The summed E-state index contributed by atoms with van der Waals surface area (Å²) in [5.74, 6) is 0.545. The Morgan fingerprint density at radius 2 is 1.67 bits per heavy atom. The van der Waals surface area contributed by atoms with Crippen LogP contribution in [0, 0.1) is 0 Å². The molecule has 1 aliphatic carbocycles. The first-order valence-electron chi connectivity index (χ1n) is 11.8. The standard InChI is InChI=1S/C29H22ClN5O/c30-19-9-14-25-23(15-19)28(22-7-4-8-24(22)35-25)29(36)34-21-12-10-20(11-13-21)33-27-16-26(31-17-32-27)18-5-2-1-3-6-18/h1-3,5-6,9-17H,4,7-8H2,(H,34,36)(H,31,32,33). The molecule has 0 fully saturated rings. The molecule has 176 valence electrons. The number of benzene rings is 3. The lowest BCUT2D eigenvalue weighted by Crippen LogP contribution is -2.15. The molecule has 2 heterocycles. The average molecular weight is 492 g/mol. The first-order chi connectivity index (χ1) is 17.6. The first-order valence-corrected chi connectivity index (χ1v) is 12.2. The number of nitrogens with one attached hydrogen (secondary N) is 2. The van der Waals surface area contributed by atoms with Crippen LogP contribution in [0.2, 0.25) is 5.02 Å². The molecule has 0 saturated carbocycles. The van der Waals surface area contributed by atoms with E-state index in [0.29, 0.717) is 22.1 Å². The van der Waals surface area contributed by atoms with E-state index >= 15 is 0 Å². The van der Waals surface area contributed by atoms with Crippen molar-refractivity contribution in [2.45, 2.75) is 19.3 Å². The minimum absolute atomic E-state index is 0.146. The predicted octanol–water partition coefficient (Wildman–Crippen LogP) is 6.83. The van der Waals surface area contributed by atoms with Gasteiger partial charge in [0.2, 0.25) is 0 Å². The summed E-state index contributed by atoms with van der Waals surface area (Å²) in [5.41, 5.74) is 6.93. The Bertz CT molecular complexity index is 1590. The highest BCUT2D eigenvalue weighted by Crippen LogP contribution is 2.32. The Morgan fingerprint density at radius 3 is 2.50 bits per heavy atom. The second-order valence-electron chi connectivity index (χ2n) is 8.74. The fraction of sp³-hybridized carbons (Fsp3) is 0.103. The minimum atomic E-state index is -0.146. The highest BCUT2D eigenvalue weighted by molar-refractivity contribution is 6.31. The van der Waals surface area contributed by atoms with Crippen molar-refractivity contribution < 1.29 is 4.79 Å². The molecule has 0 aliphatic heterocycles. The van der Waals surface area contributed by atoms with E-state index in [4.69, 9.17) is 16.6 Å². The molecule has 0 atom stereocenters. The zero-order valence-corrected chi connectivity index (χ0v) is 20.1. The van der Waals surface area contributed by atoms with Crippen molar-refractivity contribution in [3.63, 3.8) is 0 Å². The van der Waals surface area contributed by atoms with Gasteiger partial charge in [0.05, 0.1) is 16.8 Å². The number of hydrogen-bond acceptors (Lipinski definition) is 5. The number of aromatic nitrogens is 3. The number of hydrogen-bond donors (Lipinski definition) is 2. The molecule has 0 saturated heterocycles. The van der Waals surface area contributed by atoms with Gasteiger partial charge >= 0.3 is 0 Å². The van der Waals surface area contributed by atoms with Crippen LogP contribution in [0.4, 0.5) is 17.2 Å². The summed E-state index contributed by atoms with van der Waals surface area (Å²) >= 11 is 6.26. The Morgan fingerprint density at radius 1 is 0.861 bits per heavy atom. The van der Waals surface area contributed by atoms with E-state index in [1.54, 1.807) is 6.33 Å². The number of carbonyl (C=O) groups is 1. The monoisotopic (exact) mass is 491 g/mol. The molecule has 0 spiro atoms. The predicted molar refractivity (Wildman–Crippen MR) is 144 cm³/mol. The molecule has 2 aromatic heterocycles. The molecule has 6 rings (SSSR count). The number of amides is 1. The number of fused-ring (bicyclic) bond motifs is 2. The molecule has 0 bridgehead atoms. The van der Waals surface area contributed by atoms with Gasteiger partial charge in [0, 0.05) is 39.1 Å². The highest BCUT2D eigenvalue weighted by Gasteiger charge is 2.24. The van der Waals surface area contributed by atoms with Crippen LogP contribution in [0.5, 0.6) is 0 Å². The largest absolute Gasteiger partial charge is 0.340 e. The van der Waals surface area contributed by atoms with Crippen LogP contribution >= 0.6 is 11.6 Å². The zero-order valence-electron chi connectivity index (χ0n) is 19.3. The third-order valence-corrected chi connectivity index (χ3v) is 6.59. The molecule has 0 unspecified atom stereocenters. The Balaban J connectivity index is 1.22. The lowest BCUT2D eigenvalue weighted by molar-refractivity contribution is 0.102. The first kappa shape index (κ1) is 22.2. The second kappa shape index (κ2) is 9.40. The van der Waals surface area contributed by atoms with Crippen LogP contribution in [0.1, 0.15) is 28.0 Å². The lowest BCUT2D eigenvalue weighted by atomic mass is 10.0. The number of carbonyl (C=O) groups excluding carboxylic acids is 1. The van der Waals surface area contributed by atoms with Gasteiger partial charge in [-0.2, -0.15) is 0 Å². The van der Waals surface area contributed by atoms with Crippen molar-refractivity contribution in [1.29, 1.82) is 0 Å². The van der Waals surface area contributed by atoms with Gasteiger partial charge in [0.25, 0.3) is 5.91 Å². The van der Waals surface area contributed by atoms with Gasteiger partial charge in [-0.25, -0.2) is 9.97 Å². The quantitative estimate of drug-likeness (QED) is 0.281. The smallest absolute Gasteiger partial charge is 0.256 e. The summed E-state index contributed by atoms with van der Waals surface area (Å²) in [4.78, 5) is 26.9. The van der Waals surface area contributed by atoms with Crippen LogP contribution < -0.4 is 10.6 Å². The molecule has 2 N–H and O–H groups in total. The third-order valence-electron chi connectivity index (χ3n) is 6.35. The van der Waals surface area contributed by atoms with Crippen LogP contribution in [0.3, 0.4) is 0 Å². The van der Waals surface area contributed by atoms with Gasteiger partial charge in [0.1, 0.15) is 12.1 Å². The van der Waals surface area contributed by atoms with Gasteiger partial charge in [-0.15, -0.1) is 0 Å². The molecule has 6 nitrogen and oxygen atoms in total. The SMILES string of the molecule is O=C(Nc1ccc(Nc2cc(-c3ccccc3)ncn2)cc1)c1c2c(nc3ccc(Cl)cc13)CCC2. The summed E-state index contributed by atoms with van der Waals surface area (Å²) in [6.07, 6.45) is 4.29. The van der Waals surface area contributed by atoms with E-state index in [0.717, 1.165) is 58.4 Å². The fourth-order valence-corrected chi connectivity index (χ4v) is 4.84. The number of nitrogens with zero attached hydrogens (tertiary/aromatic N) is 3. The number of pyridine rings is 1. The van der Waals surface area contributed by atoms with Crippen molar-refractivity contribution in [3.05, 3.63) is 107 Å². The Labute approximate surface area is 213 Å². The van der Waals surface area contributed by atoms with Crippen molar-refractivity contribution >= 4 is 45.6 Å². The van der Waals surface area contributed by atoms with Gasteiger partial charge in [-0.3, -0.25) is 9.78 Å². The summed E-state index contributed by atoms with van der Waals surface area (Å²) < 4.78 is 0. The highest BCUT2D eigenvalue weighted by atomic mass is 35.5. The molecule has 1 amide bonds. The van der Waals surface area contributed by atoms with Crippen LogP contribution in [0.15, 0.2) is 85.2 Å². The van der Waals surface area contributed by atoms with Gasteiger partial charge in [0.15, 0.2) is 0 Å². The lowest BCUT2D eigenvalue weighted by Gasteiger charge is -2.13. The minimum Gasteiger partial charge on any atom is -0.340 e. The number of rotatable bonds is 5. The Hall–Kier alpha value is -4.29. The normalized spacial score (nSPS) is 12.4. The summed E-state index contributed by atoms with van der Waals surface area (Å²) in [7, 11) is 0.